The SMILES string of the molecule is C[C@@H](OC(=O)c1cc(S(=O)(=O)N2CCOCC2)ccc1Cl)c1ccccc1. The Hall–Kier alpha value is -1.93. The highest BCUT2D eigenvalue weighted by molar-refractivity contribution is 7.89. The van der Waals surface area contributed by atoms with Crippen molar-refractivity contribution in [3.05, 3.63) is 64.7 Å². The van der Waals surface area contributed by atoms with E-state index < -0.39 is 22.1 Å². The third-order valence-corrected chi connectivity index (χ3v) is 6.54. The number of carbonyl (C=O) groups is 1. The monoisotopic (exact) mass is 409 g/mol. The van der Waals surface area contributed by atoms with Crippen molar-refractivity contribution in [1.29, 1.82) is 0 Å². The Labute approximate surface area is 163 Å². The normalized spacial score (nSPS) is 16.7. The first-order valence-electron chi connectivity index (χ1n) is 8.53. The molecule has 0 saturated carbocycles. The molecule has 1 aliphatic rings. The van der Waals surface area contributed by atoms with Crippen molar-refractivity contribution in [3.63, 3.8) is 0 Å². The summed E-state index contributed by atoms with van der Waals surface area (Å²) in [5.41, 5.74) is 0.854. The van der Waals surface area contributed by atoms with Gasteiger partial charge in [0.15, 0.2) is 0 Å². The minimum absolute atomic E-state index is 0.00751. The molecule has 1 saturated heterocycles. The molecule has 3 rings (SSSR count). The zero-order chi connectivity index (χ0) is 19.4. The van der Waals surface area contributed by atoms with Crippen LogP contribution in [0.4, 0.5) is 0 Å². The molecule has 144 valence electrons. The number of nitrogens with zero attached hydrogens (tertiary/aromatic N) is 1. The molecule has 0 aromatic heterocycles. The lowest BCUT2D eigenvalue weighted by Crippen LogP contribution is -2.40. The van der Waals surface area contributed by atoms with Gasteiger partial charge in [0.05, 0.1) is 28.7 Å². The Kier molecular flexibility index (Phi) is 6.16. The van der Waals surface area contributed by atoms with E-state index in [1.807, 2.05) is 30.3 Å². The third kappa shape index (κ3) is 4.50. The first-order valence-corrected chi connectivity index (χ1v) is 10.3. The van der Waals surface area contributed by atoms with Crippen molar-refractivity contribution < 1.29 is 22.7 Å². The lowest BCUT2D eigenvalue weighted by molar-refractivity contribution is 0.0337. The third-order valence-electron chi connectivity index (χ3n) is 4.32. The van der Waals surface area contributed by atoms with Crippen LogP contribution in [0.1, 0.15) is 28.9 Å². The second-order valence-electron chi connectivity index (χ2n) is 6.12. The number of hydrogen-bond acceptors (Lipinski definition) is 5. The molecule has 27 heavy (non-hydrogen) atoms. The van der Waals surface area contributed by atoms with Crippen molar-refractivity contribution in [2.24, 2.45) is 0 Å². The average molecular weight is 410 g/mol. The first kappa shape index (κ1) is 19.8. The highest BCUT2D eigenvalue weighted by Crippen LogP contribution is 2.26. The number of halogens is 1. The number of rotatable bonds is 5. The second-order valence-corrected chi connectivity index (χ2v) is 8.46. The van der Waals surface area contributed by atoms with E-state index in [1.165, 1.54) is 22.5 Å². The van der Waals surface area contributed by atoms with Gasteiger partial charge in [-0.05, 0) is 30.7 Å². The van der Waals surface area contributed by atoms with E-state index in [0.717, 1.165) is 5.56 Å². The molecule has 0 aliphatic carbocycles. The van der Waals surface area contributed by atoms with Crippen LogP contribution >= 0.6 is 11.6 Å². The van der Waals surface area contributed by atoms with Crippen LogP contribution < -0.4 is 0 Å². The van der Waals surface area contributed by atoms with Crippen LogP contribution in [0.15, 0.2) is 53.4 Å². The van der Waals surface area contributed by atoms with Gasteiger partial charge in [-0.3, -0.25) is 0 Å². The molecule has 8 heteroatoms. The maximum Gasteiger partial charge on any atom is 0.340 e. The summed E-state index contributed by atoms with van der Waals surface area (Å²) in [6.07, 6.45) is -0.491. The smallest absolute Gasteiger partial charge is 0.340 e. The Morgan fingerprint density at radius 3 is 2.48 bits per heavy atom. The Bertz CT molecular complexity index is 911. The summed E-state index contributed by atoms with van der Waals surface area (Å²) in [7, 11) is -3.73. The summed E-state index contributed by atoms with van der Waals surface area (Å²) in [5, 5.41) is 0.140. The highest BCUT2D eigenvalue weighted by atomic mass is 35.5. The lowest BCUT2D eigenvalue weighted by Gasteiger charge is -2.26. The summed E-state index contributed by atoms with van der Waals surface area (Å²) in [5.74, 6) is -0.671. The van der Waals surface area contributed by atoms with Crippen molar-refractivity contribution in [3.8, 4) is 0 Å². The molecule has 1 atom stereocenters. The number of benzene rings is 2. The quantitative estimate of drug-likeness (QED) is 0.708. The van der Waals surface area contributed by atoms with E-state index in [0.29, 0.717) is 13.2 Å². The van der Waals surface area contributed by atoms with Gasteiger partial charge in [0, 0.05) is 13.1 Å². The first-order chi connectivity index (χ1) is 12.9. The van der Waals surface area contributed by atoms with Gasteiger partial charge in [0.1, 0.15) is 6.10 Å². The van der Waals surface area contributed by atoms with Gasteiger partial charge < -0.3 is 9.47 Å². The largest absolute Gasteiger partial charge is 0.454 e. The molecule has 1 aliphatic heterocycles. The van der Waals surface area contributed by atoms with Crippen molar-refractivity contribution in [2.75, 3.05) is 26.3 Å². The maximum absolute atomic E-state index is 12.8. The fourth-order valence-corrected chi connectivity index (χ4v) is 4.40. The minimum atomic E-state index is -3.73. The molecule has 1 heterocycles. The van der Waals surface area contributed by atoms with Crippen LogP contribution in [0, 0.1) is 0 Å². The second kappa shape index (κ2) is 8.39. The standard InChI is InChI=1S/C19H20ClNO5S/c1-14(15-5-3-2-4-6-15)26-19(22)17-13-16(7-8-18(17)20)27(23,24)21-9-11-25-12-10-21/h2-8,13-14H,9-12H2,1H3/t14-/m1/s1. The molecule has 6 nitrogen and oxygen atoms in total. The minimum Gasteiger partial charge on any atom is -0.454 e. The summed E-state index contributed by atoms with van der Waals surface area (Å²) in [4.78, 5) is 12.6. The summed E-state index contributed by atoms with van der Waals surface area (Å²) >= 11 is 6.13. The molecule has 1 fully saturated rings. The van der Waals surface area contributed by atoms with E-state index >= 15 is 0 Å². The van der Waals surface area contributed by atoms with Crippen molar-refractivity contribution in [1.82, 2.24) is 4.31 Å². The molecule has 0 spiro atoms. The summed E-state index contributed by atoms with van der Waals surface area (Å²) in [6.45, 7) is 2.98. The van der Waals surface area contributed by atoms with Gasteiger partial charge >= 0.3 is 5.97 Å². The van der Waals surface area contributed by atoms with Gasteiger partial charge in [-0.1, -0.05) is 41.9 Å². The Morgan fingerprint density at radius 2 is 1.81 bits per heavy atom. The number of esters is 1. The molecular formula is C19H20ClNO5S. The van der Waals surface area contributed by atoms with Crippen LogP contribution in [0.2, 0.25) is 5.02 Å². The fourth-order valence-electron chi connectivity index (χ4n) is 2.77. The highest BCUT2D eigenvalue weighted by Gasteiger charge is 2.28. The number of hydrogen-bond donors (Lipinski definition) is 0. The maximum atomic E-state index is 12.8. The average Bonchev–Trinajstić information content (AvgIpc) is 2.69. The number of morpholine rings is 1. The van der Waals surface area contributed by atoms with E-state index in [4.69, 9.17) is 21.1 Å². The molecule has 0 amide bonds. The number of ether oxygens (including phenoxy) is 2. The van der Waals surface area contributed by atoms with Crippen LogP contribution in [0.3, 0.4) is 0 Å². The fraction of sp³-hybridized carbons (Fsp3) is 0.316. The van der Waals surface area contributed by atoms with Gasteiger partial charge in [0.2, 0.25) is 10.0 Å². The van der Waals surface area contributed by atoms with Gasteiger partial charge in [-0.2, -0.15) is 4.31 Å². The number of carbonyl (C=O) groups excluding carboxylic acids is 1. The van der Waals surface area contributed by atoms with E-state index in [2.05, 4.69) is 0 Å². The zero-order valence-corrected chi connectivity index (χ0v) is 16.4. The van der Waals surface area contributed by atoms with Crippen LogP contribution in [-0.2, 0) is 19.5 Å². The van der Waals surface area contributed by atoms with Gasteiger partial charge in [0.25, 0.3) is 0 Å². The van der Waals surface area contributed by atoms with Crippen LogP contribution in [0.25, 0.3) is 0 Å². The molecule has 0 unspecified atom stereocenters. The zero-order valence-electron chi connectivity index (χ0n) is 14.8. The predicted molar refractivity (Wildman–Crippen MR) is 101 cm³/mol. The van der Waals surface area contributed by atoms with Crippen molar-refractivity contribution in [2.45, 2.75) is 17.9 Å². The lowest BCUT2D eigenvalue weighted by atomic mass is 10.1. The summed E-state index contributed by atoms with van der Waals surface area (Å²) in [6, 6.07) is 13.3. The Balaban J connectivity index is 1.83. The molecule has 2 aromatic carbocycles. The molecule has 0 radical (unpaired) electrons. The summed E-state index contributed by atoms with van der Waals surface area (Å²) < 4.78 is 37.6. The topological polar surface area (TPSA) is 72.9 Å². The molecule has 0 bridgehead atoms. The molecule has 2 aromatic rings. The Morgan fingerprint density at radius 1 is 1.15 bits per heavy atom. The van der Waals surface area contributed by atoms with E-state index in [1.54, 1.807) is 6.92 Å². The van der Waals surface area contributed by atoms with Gasteiger partial charge in [-0.25, -0.2) is 13.2 Å². The van der Waals surface area contributed by atoms with Crippen LogP contribution in [-0.4, -0.2) is 45.0 Å². The predicted octanol–water partition coefficient (Wildman–Crippen LogP) is 3.28. The van der Waals surface area contributed by atoms with Crippen LogP contribution in [0.5, 0.6) is 0 Å². The van der Waals surface area contributed by atoms with Crippen molar-refractivity contribution >= 4 is 27.6 Å². The number of sulfonamides is 1. The van der Waals surface area contributed by atoms with Gasteiger partial charge in [-0.15, -0.1) is 0 Å². The molecule has 0 N–H and O–H groups in total. The molecular weight excluding hydrogens is 390 g/mol. The van der Waals surface area contributed by atoms with E-state index in [9.17, 15) is 13.2 Å². The van der Waals surface area contributed by atoms with E-state index in [-0.39, 0.29) is 28.6 Å².